The molecule has 0 bridgehead atoms. The van der Waals surface area contributed by atoms with Crippen LogP contribution in [0.2, 0.25) is 0 Å². The lowest BCUT2D eigenvalue weighted by molar-refractivity contribution is -0.153. The van der Waals surface area contributed by atoms with E-state index in [2.05, 4.69) is 18.5 Å². The third kappa shape index (κ3) is 9.13. The van der Waals surface area contributed by atoms with Crippen molar-refractivity contribution in [3.63, 3.8) is 0 Å². The Hall–Kier alpha value is -3.75. The van der Waals surface area contributed by atoms with Crippen molar-refractivity contribution >= 4 is 17.8 Å². The van der Waals surface area contributed by atoms with Crippen LogP contribution in [-0.2, 0) is 36.8 Å². The van der Waals surface area contributed by atoms with E-state index >= 15 is 0 Å². The number of rotatable bonds is 16. The summed E-state index contributed by atoms with van der Waals surface area (Å²) < 4.78 is 11.3. The lowest BCUT2D eigenvalue weighted by Gasteiger charge is -2.37. The van der Waals surface area contributed by atoms with Crippen LogP contribution in [0.25, 0.3) is 0 Å². The highest BCUT2D eigenvalue weighted by molar-refractivity contribution is 5.86. The van der Waals surface area contributed by atoms with Crippen molar-refractivity contribution in [1.29, 1.82) is 0 Å². The Balaban J connectivity index is 1.77. The van der Waals surface area contributed by atoms with E-state index in [4.69, 9.17) is 9.47 Å². The summed E-state index contributed by atoms with van der Waals surface area (Å²) in [7, 11) is 1.51. The third-order valence-corrected chi connectivity index (χ3v) is 7.34. The number of carbonyl (C=O) groups is 3. The Morgan fingerprint density at radius 1 is 1.07 bits per heavy atom. The van der Waals surface area contributed by atoms with Gasteiger partial charge in [0.15, 0.2) is 0 Å². The Labute approximate surface area is 243 Å². The zero-order chi connectivity index (χ0) is 29.6. The largest absolute Gasteiger partial charge is 0.455 e. The Bertz CT molecular complexity index is 1170. The number of nitrogens with one attached hydrogen (secondary N) is 1. The minimum atomic E-state index is -0.784. The zero-order valence-corrected chi connectivity index (χ0v) is 23.9. The summed E-state index contributed by atoms with van der Waals surface area (Å²) >= 11 is 0. The van der Waals surface area contributed by atoms with Crippen LogP contribution in [0.4, 0.5) is 0 Å². The van der Waals surface area contributed by atoms with Crippen LogP contribution in [0.1, 0.15) is 54.9 Å². The SMILES string of the molecule is C=CCCCC(=O)OC(c1ccccc1)C(COC)NC(=O)C(CC=C)CC(=O)N1Cc2ccccc2CC1CO. The first-order valence-corrected chi connectivity index (χ1v) is 14.1. The lowest BCUT2D eigenvalue weighted by Crippen LogP contribution is -2.49. The van der Waals surface area contributed by atoms with Crippen molar-refractivity contribution in [3.05, 3.63) is 96.6 Å². The first kappa shape index (κ1) is 31.8. The molecule has 4 unspecified atom stereocenters. The molecule has 1 aliphatic heterocycles. The number of esters is 1. The maximum Gasteiger partial charge on any atom is 0.306 e. The molecule has 1 heterocycles. The number of allylic oxidation sites excluding steroid dienone is 2. The van der Waals surface area contributed by atoms with E-state index in [-0.39, 0.29) is 56.3 Å². The maximum absolute atomic E-state index is 13.6. The Morgan fingerprint density at radius 2 is 1.78 bits per heavy atom. The predicted molar refractivity (Wildman–Crippen MR) is 158 cm³/mol. The summed E-state index contributed by atoms with van der Waals surface area (Å²) in [6.45, 7) is 7.79. The van der Waals surface area contributed by atoms with Crippen molar-refractivity contribution in [2.45, 2.75) is 63.3 Å². The van der Waals surface area contributed by atoms with Gasteiger partial charge in [0.25, 0.3) is 0 Å². The molecule has 1 aliphatic rings. The molecular weight excluding hydrogens is 520 g/mol. The number of aliphatic hydroxyl groups is 1. The van der Waals surface area contributed by atoms with E-state index in [0.29, 0.717) is 25.8 Å². The van der Waals surface area contributed by atoms with Gasteiger partial charge in [0.2, 0.25) is 11.8 Å². The average molecular weight is 563 g/mol. The number of amides is 2. The molecule has 0 spiro atoms. The number of benzene rings is 2. The highest BCUT2D eigenvalue weighted by Gasteiger charge is 2.34. The number of hydrogen-bond donors (Lipinski definition) is 2. The number of methoxy groups -OCH3 is 1. The number of unbranched alkanes of at least 4 members (excludes halogenated alkanes) is 1. The van der Waals surface area contributed by atoms with Crippen molar-refractivity contribution in [2.24, 2.45) is 5.92 Å². The van der Waals surface area contributed by atoms with Crippen molar-refractivity contribution in [2.75, 3.05) is 20.3 Å². The molecule has 2 amide bonds. The number of ether oxygens (including phenoxy) is 2. The highest BCUT2D eigenvalue weighted by atomic mass is 16.5. The van der Waals surface area contributed by atoms with Gasteiger partial charge in [-0.3, -0.25) is 14.4 Å². The molecule has 0 aromatic heterocycles. The van der Waals surface area contributed by atoms with Gasteiger partial charge in [-0.15, -0.1) is 13.2 Å². The van der Waals surface area contributed by atoms with Crippen LogP contribution in [0.15, 0.2) is 79.9 Å². The van der Waals surface area contributed by atoms with Gasteiger partial charge in [-0.1, -0.05) is 66.7 Å². The summed E-state index contributed by atoms with van der Waals surface area (Å²) in [6.07, 6.45) is 4.91. The van der Waals surface area contributed by atoms with Crippen LogP contribution in [-0.4, -0.2) is 60.2 Å². The second-order valence-corrected chi connectivity index (χ2v) is 10.3. The van der Waals surface area contributed by atoms with E-state index in [0.717, 1.165) is 16.7 Å². The van der Waals surface area contributed by atoms with Crippen LogP contribution in [0.5, 0.6) is 0 Å². The molecular formula is C33H42N2O6. The normalized spacial score (nSPS) is 16.5. The summed E-state index contributed by atoms with van der Waals surface area (Å²) in [6, 6.07) is 16.1. The quantitative estimate of drug-likeness (QED) is 0.180. The number of carbonyl (C=O) groups excluding carboxylic acids is 3. The molecule has 3 rings (SSSR count). The summed E-state index contributed by atoms with van der Waals surface area (Å²) in [5.41, 5.74) is 2.88. The first-order valence-electron chi connectivity index (χ1n) is 14.1. The molecule has 2 N–H and O–H groups in total. The van der Waals surface area contributed by atoms with Crippen molar-refractivity contribution in [1.82, 2.24) is 10.2 Å². The molecule has 4 atom stereocenters. The molecule has 41 heavy (non-hydrogen) atoms. The topological polar surface area (TPSA) is 105 Å². The summed E-state index contributed by atoms with van der Waals surface area (Å²) in [5.74, 6) is -1.65. The summed E-state index contributed by atoms with van der Waals surface area (Å²) in [5, 5.41) is 13.0. The number of aliphatic hydroxyl groups excluding tert-OH is 1. The molecule has 8 nitrogen and oxygen atoms in total. The molecule has 0 saturated heterocycles. The number of fused-ring (bicyclic) bond motifs is 1. The van der Waals surface area contributed by atoms with Crippen LogP contribution in [0, 0.1) is 5.92 Å². The molecule has 2 aromatic rings. The van der Waals surface area contributed by atoms with Crippen LogP contribution in [0.3, 0.4) is 0 Å². The van der Waals surface area contributed by atoms with Gasteiger partial charge in [0.1, 0.15) is 6.10 Å². The fraction of sp³-hybridized carbons (Fsp3) is 0.424. The zero-order valence-electron chi connectivity index (χ0n) is 23.9. The molecule has 0 saturated carbocycles. The molecule has 2 aromatic carbocycles. The van der Waals surface area contributed by atoms with Gasteiger partial charge in [-0.05, 0) is 42.4 Å². The van der Waals surface area contributed by atoms with Gasteiger partial charge in [-0.2, -0.15) is 0 Å². The van der Waals surface area contributed by atoms with Crippen LogP contribution < -0.4 is 5.32 Å². The van der Waals surface area contributed by atoms with Crippen LogP contribution >= 0.6 is 0 Å². The molecule has 0 radical (unpaired) electrons. The third-order valence-electron chi connectivity index (χ3n) is 7.34. The Morgan fingerprint density at radius 3 is 2.44 bits per heavy atom. The number of nitrogens with zero attached hydrogens (tertiary/aromatic N) is 1. The first-order chi connectivity index (χ1) is 19.9. The second-order valence-electron chi connectivity index (χ2n) is 10.3. The van der Waals surface area contributed by atoms with Gasteiger partial charge in [0, 0.05) is 26.5 Å². The van der Waals surface area contributed by atoms with Gasteiger partial charge < -0.3 is 24.8 Å². The predicted octanol–water partition coefficient (Wildman–Crippen LogP) is 4.29. The summed E-state index contributed by atoms with van der Waals surface area (Å²) in [4.78, 5) is 41.5. The van der Waals surface area contributed by atoms with E-state index in [9.17, 15) is 19.5 Å². The average Bonchev–Trinajstić information content (AvgIpc) is 2.99. The molecule has 0 aliphatic carbocycles. The van der Waals surface area contributed by atoms with Gasteiger partial charge in [0.05, 0.1) is 31.2 Å². The smallest absolute Gasteiger partial charge is 0.306 e. The second kappa shape index (κ2) is 16.5. The Kier molecular flexibility index (Phi) is 12.8. The van der Waals surface area contributed by atoms with Gasteiger partial charge in [-0.25, -0.2) is 0 Å². The highest BCUT2D eigenvalue weighted by Crippen LogP contribution is 2.27. The fourth-order valence-corrected chi connectivity index (χ4v) is 5.16. The van der Waals surface area contributed by atoms with Gasteiger partial charge >= 0.3 is 5.97 Å². The minimum absolute atomic E-state index is 0.0480. The molecule has 220 valence electrons. The monoisotopic (exact) mass is 562 g/mol. The number of hydrogen-bond acceptors (Lipinski definition) is 6. The molecule has 0 fully saturated rings. The standard InChI is InChI=1S/C33H42N2O6/c1-4-6-8-18-31(38)41-32(24-14-9-7-10-15-24)29(23-40-3)34-33(39)26(13-5-2)20-30(37)35-21-27-17-12-11-16-25(27)19-28(35)22-36/h4-5,7,9-12,14-17,26,28-29,32,36H,1-2,6,8,13,18-23H2,3H3,(H,34,39). The molecule has 8 heteroatoms. The lowest BCUT2D eigenvalue weighted by atomic mass is 9.92. The van der Waals surface area contributed by atoms with E-state index in [1.807, 2.05) is 54.6 Å². The van der Waals surface area contributed by atoms with E-state index in [1.54, 1.807) is 17.1 Å². The fourth-order valence-electron chi connectivity index (χ4n) is 5.16. The van der Waals surface area contributed by atoms with E-state index < -0.39 is 18.1 Å². The maximum atomic E-state index is 13.6. The minimum Gasteiger partial charge on any atom is -0.455 e. The van der Waals surface area contributed by atoms with Crippen molar-refractivity contribution < 1.29 is 29.0 Å². The van der Waals surface area contributed by atoms with E-state index in [1.165, 1.54) is 7.11 Å². The van der Waals surface area contributed by atoms with Crippen molar-refractivity contribution in [3.8, 4) is 0 Å².